The number of Topliss-reactive ketones (excluding diaryl/α,β-unsaturated/α-hetero) is 1. The predicted molar refractivity (Wildman–Crippen MR) is 89.8 cm³/mol. The van der Waals surface area contributed by atoms with Gasteiger partial charge in [0.05, 0.1) is 22.8 Å². The zero-order valence-electron chi connectivity index (χ0n) is 12.9. The predicted octanol–water partition coefficient (Wildman–Crippen LogP) is 2.37. The van der Waals surface area contributed by atoms with Crippen LogP contribution < -0.4 is 10.6 Å². The van der Waals surface area contributed by atoms with Gasteiger partial charge in [-0.3, -0.25) is 9.59 Å². The maximum absolute atomic E-state index is 11.7. The van der Waals surface area contributed by atoms with Crippen molar-refractivity contribution in [3.05, 3.63) is 33.8 Å². The van der Waals surface area contributed by atoms with E-state index in [0.717, 1.165) is 12.1 Å². The standard InChI is InChI=1S/C16H20Cl2N2O3/c1-2-14(21)16(22)20-9-11-8-19-5-6-23-15(11)10-3-4-12(17)13(18)7-10/h3-4,7,11,15,19H,2,5-6,8-9H2,1H3,(H,20,22). The molecule has 5 nitrogen and oxygen atoms in total. The van der Waals surface area contributed by atoms with Crippen LogP contribution in [0.15, 0.2) is 18.2 Å². The lowest BCUT2D eigenvalue weighted by atomic mass is 9.95. The smallest absolute Gasteiger partial charge is 0.287 e. The van der Waals surface area contributed by atoms with Crippen LogP contribution in [-0.4, -0.2) is 37.9 Å². The van der Waals surface area contributed by atoms with Gasteiger partial charge in [-0.1, -0.05) is 36.2 Å². The van der Waals surface area contributed by atoms with Gasteiger partial charge in [0.15, 0.2) is 0 Å². The molecule has 1 fully saturated rings. The molecule has 2 atom stereocenters. The maximum Gasteiger partial charge on any atom is 0.287 e. The Morgan fingerprint density at radius 2 is 2.13 bits per heavy atom. The Hall–Kier alpha value is -1.14. The van der Waals surface area contributed by atoms with Gasteiger partial charge in [0.2, 0.25) is 5.78 Å². The van der Waals surface area contributed by atoms with Gasteiger partial charge < -0.3 is 15.4 Å². The second-order valence-corrected chi connectivity index (χ2v) is 6.23. The van der Waals surface area contributed by atoms with Crippen molar-refractivity contribution in [3.8, 4) is 0 Å². The quantitative estimate of drug-likeness (QED) is 0.793. The van der Waals surface area contributed by atoms with Gasteiger partial charge in [-0.25, -0.2) is 0 Å². The molecule has 0 radical (unpaired) electrons. The van der Waals surface area contributed by atoms with Crippen molar-refractivity contribution in [2.24, 2.45) is 5.92 Å². The van der Waals surface area contributed by atoms with E-state index in [0.29, 0.717) is 29.7 Å². The van der Waals surface area contributed by atoms with E-state index in [1.54, 1.807) is 19.1 Å². The van der Waals surface area contributed by atoms with E-state index in [-0.39, 0.29) is 18.4 Å². The monoisotopic (exact) mass is 358 g/mol. The molecule has 0 spiro atoms. The maximum atomic E-state index is 11.7. The summed E-state index contributed by atoms with van der Waals surface area (Å²) in [6.07, 6.45) is -0.0293. The second-order valence-electron chi connectivity index (χ2n) is 5.42. The van der Waals surface area contributed by atoms with E-state index in [4.69, 9.17) is 27.9 Å². The lowest BCUT2D eigenvalue weighted by Crippen LogP contribution is -2.39. The Morgan fingerprint density at radius 3 is 2.83 bits per heavy atom. The first kappa shape index (κ1) is 18.2. The Bertz CT molecular complexity index is 580. The van der Waals surface area contributed by atoms with Crippen molar-refractivity contribution in [2.75, 3.05) is 26.2 Å². The first-order valence-corrected chi connectivity index (χ1v) is 8.36. The number of rotatable bonds is 5. The molecule has 0 bridgehead atoms. The SMILES string of the molecule is CCC(=O)C(=O)NCC1CNCCOC1c1ccc(Cl)c(Cl)c1. The Labute approximate surface area is 145 Å². The molecule has 1 heterocycles. The van der Waals surface area contributed by atoms with E-state index < -0.39 is 11.7 Å². The van der Waals surface area contributed by atoms with Gasteiger partial charge in [-0.15, -0.1) is 0 Å². The Kier molecular flexibility index (Phi) is 6.84. The number of hydrogen-bond donors (Lipinski definition) is 2. The van der Waals surface area contributed by atoms with Crippen molar-refractivity contribution in [3.63, 3.8) is 0 Å². The number of benzene rings is 1. The minimum Gasteiger partial charge on any atom is -0.372 e. The summed E-state index contributed by atoms with van der Waals surface area (Å²) in [5.41, 5.74) is 0.907. The molecular weight excluding hydrogens is 339 g/mol. The number of ether oxygens (including phenoxy) is 1. The molecule has 0 aliphatic carbocycles. The molecule has 126 valence electrons. The number of hydrogen-bond acceptors (Lipinski definition) is 4. The molecule has 1 amide bonds. The highest BCUT2D eigenvalue weighted by molar-refractivity contribution is 6.42. The third-order valence-electron chi connectivity index (χ3n) is 3.78. The van der Waals surface area contributed by atoms with Crippen LogP contribution in [0.1, 0.15) is 25.0 Å². The summed E-state index contributed by atoms with van der Waals surface area (Å²) >= 11 is 12.1. The molecule has 0 saturated carbocycles. The van der Waals surface area contributed by atoms with Crippen LogP contribution in [0.2, 0.25) is 10.0 Å². The Morgan fingerprint density at radius 1 is 1.35 bits per heavy atom. The molecule has 2 rings (SSSR count). The summed E-state index contributed by atoms with van der Waals surface area (Å²) in [7, 11) is 0. The molecule has 1 aliphatic heterocycles. The molecule has 1 aliphatic rings. The second kappa shape index (κ2) is 8.64. The summed E-state index contributed by atoms with van der Waals surface area (Å²) in [5, 5.41) is 6.91. The van der Waals surface area contributed by atoms with E-state index in [1.807, 2.05) is 6.07 Å². The zero-order chi connectivity index (χ0) is 16.8. The lowest BCUT2D eigenvalue weighted by Gasteiger charge is -2.25. The first-order valence-electron chi connectivity index (χ1n) is 7.61. The largest absolute Gasteiger partial charge is 0.372 e. The third-order valence-corrected chi connectivity index (χ3v) is 4.52. The normalized spacial score (nSPS) is 21.5. The molecule has 1 aromatic carbocycles. The van der Waals surface area contributed by atoms with Crippen LogP contribution in [0.25, 0.3) is 0 Å². The number of carbonyl (C=O) groups is 2. The topological polar surface area (TPSA) is 67.4 Å². The van der Waals surface area contributed by atoms with Crippen LogP contribution >= 0.6 is 23.2 Å². The van der Waals surface area contributed by atoms with Crippen LogP contribution in [0.5, 0.6) is 0 Å². The van der Waals surface area contributed by atoms with Gasteiger partial charge >= 0.3 is 0 Å². The van der Waals surface area contributed by atoms with Crippen molar-refractivity contribution >= 4 is 34.9 Å². The number of ketones is 1. The lowest BCUT2D eigenvalue weighted by molar-refractivity contribution is -0.138. The van der Waals surface area contributed by atoms with E-state index in [1.165, 1.54) is 0 Å². The number of halogens is 2. The molecular formula is C16H20Cl2N2O3. The fourth-order valence-electron chi connectivity index (χ4n) is 2.51. The number of nitrogens with one attached hydrogen (secondary N) is 2. The van der Waals surface area contributed by atoms with Crippen molar-refractivity contribution in [1.82, 2.24) is 10.6 Å². The highest BCUT2D eigenvalue weighted by atomic mass is 35.5. The molecule has 23 heavy (non-hydrogen) atoms. The van der Waals surface area contributed by atoms with Crippen LogP contribution in [0.4, 0.5) is 0 Å². The van der Waals surface area contributed by atoms with Gasteiger partial charge in [0, 0.05) is 32.0 Å². The molecule has 2 N–H and O–H groups in total. The van der Waals surface area contributed by atoms with Crippen LogP contribution in [-0.2, 0) is 14.3 Å². The summed E-state index contributed by atoms with van der Waals surface area (Å²) in [6.45, 7) is 3.98. The van der Waals surface area contributed by atoms with Gasteiger partial charge in [-0.05, 0) is 17.7 Å². The van der Waals surface area contributed by atoms with Crippen molar-refractivity contribution in [2.45, 2.75) is 19.4 Å². The fourth-order valence-corrected chi connectivity index (χ4v) is 2.82. The molecule has 0 aromatic heterocycles. The molecule has 1 aromatic rings. The van der Waals surface area contributed by atoms with Crippen LogP contribution in [0, 0.1) is 5.92 Å². The highest BCUT2D eigenvalue weighted by Crippen LogP contribution is 2.31. The minimum absolute atomic E-state index is 0.0108. The van der Waals surface area contributed by atoms with Gasteiger partial charge in [-0.2, -0.15) is 0 Å². The Balaban J connectivity index is 2.11. The number of carbonyl (C=O) groups excluding carboxylic acids is 2. The molecule has 7 heteroatoms. The minimum atomic E-state index is -0.551. The fraction of sp³-hybridized carbons (Fsp3) is 0.500. The molecule has 1 saturated heterocycles. The summed E-state index contributed by atoms with van der Waals surface area (Å²) < 4.78 is 5.92. The summed E-state index contributed by atoms with van der Waals surface area (Å²) in [6, 6.07) is 5.39. The van der Waals surface area contributed by atoms with Crippen molar-refractivity contribution in [1.29, 1.82) is 0 Å². The average molecular weight is 359 g/mol. The van der Waals surface area contributed by atoms with Crippen molar-refractivity contribution < 1.29 is 14.3 Å². The average Bonchev–Trinajstić information content (AvgIpc) is 2.79. The van der Waals surface area contributed by atoms with E-state index in [2.05, 4.69) is 10.6 Å². The molecule has 2 unspecified atom stereocenters. The van der Waals surface area contributed by atoms with E-state index >= 15 is 0 Å². The van der Waals surface area contributed by atoms with E-state index in [9.17, 15) is 9.59 Å². The van der Waals surface area contributed by atoms with Gasteiger partial charge in [0.25, 0.3) is 5.91 Å². The highest BCUT2D eigenvalue weighted by Gasteiger charge is 2.27. The summed E-state index contributed by atoms with van der Waals surface area (Å²) in [5.74, 6) is -0.980. The van der Waals surface area contributed by atoms with Crippen LogP contribution in [0.3, 0.4) is 0 Å². The zero-order valence-corrected chi connectivity index (χ0v) is 14.4. The van der Waals surface area contributed by atoms with Gasteiger partial charge in [0.1, 0.15) is 0 Å². The number of amides is 1. The third kappa shape index (κ3) is 4.91. The first-order chi connectivity index (χ1) is 11.0. The summed E-state index contributed by atoms with van der Waals surface area (Å²) in [4.78, 5) is 23.1.